The number of alkyl halides is 3. The van der Waals surface area contributed by atoms with Gasteiger partial charge in [0.05, 0.1) is 15.7 Å². The number of hydrogen-bond acceptors (Lipinski definition) is 3. The molecule has 0 aliphatic heterocycles. The minimum absolute atomic E-state index is 0.00934. The fourth-order valence-electron chi connectivity index (χ4n) is 2.02. The van der Waals surface area contributed by atoms with Gasteiger partial charge in [-0.3, -0.25) is 5.32 Å². The standard InChI is InChI=1S/C17H13Cl6N3O2S/c18-10-6-11(19)13(20)12(7-10)24-15(29)25-14(17(21,22)23)26-16(27)28-8-9-4-2-1-3-5-9/h1-7,14H,8H2,(H,26,27)(H2,24,25,29). The summed E-state index contributed by atoms with van der Waals surface area (Å²) in [6.45, 7) is 0.0402. The van der Waals surface area contributed by atoms with Crippen LogP contribution in [0.25, 0.3) is 0 Å². The zero-order valence-corrected chi connectivity index (χ0v) is 19.7. The van der Waals surface area contributed by atoms with Gasteiger partial charge in [0.25, 0.3) is 0 Å². The van der Waals surface area contributed by atoms with Crippen molar-refractivity contribution in [2.24, 2.45) is 0 Å². The quantitative estimate of drug-likeness (QED) is 0.175. The maximum Gasteiger partial charge on any atom is 0.409 e. The zero-order chi connectivity index (χ0) is 21.6. The van der Waals surface area contributed by atoms with Crippen LogP contribution in [0.15, 0.2) is 42.5 Å². The van der Waals surface area contributed by atoms with Crippen molar-refractivity contribution in [3.8, 4) is 0 Å². The van der Waals surface area contributed by atoms with Gasteiger partial charge in [-0.1, -0.05) is 99.9 Å². The van der Waals surface area contributed by atoms with Gasteiger partial charge < -0.3 is 15.4 Å². The van der Waals surface area contributed by atoms with Crippen LogP contribution in [0.5, 0.6) is 0 Å². The van der Waals surface area contributed by atoms with Crippen molar-refractivity contribution in [2.75, 3.05) is 5.32 Å². The van der Waals surface area contributed by atoms with Crippen LogP contribution < -0.4 is 16.0 Å². The topological polar surface area (TPSA) is 62.4 Å². The van der Waals surface area contributed by atoms with E-state index in [9.17, 15) is 4.79 Å². The Morgan fingerprint density at radius 3 is 2.34 bits per heavy atom. The lowest BCUT2D eigenvalue weighted by atomic mass is 10.2. The van der Waals surface area contributed by atoms with Crippen molar-refractivity contribution in [3.05, 3.63) is 63.1 Å². The highest BCUT2D eigenvalue weighted by Gasteiger charge is 2.35. The molecule has 29 heavy (non-hydrogen) atoms. The Morgan fingerprint density at radius 1 is 1.07 bits per heavy atom. The smallest absolute Gasteiger partial charge is 0.409 e. The zero-order valence-electron chi connectivity index (χ0n) is 14.3. The number of halogens is 6. The molecular weight excluding hydrogens is 523 g/mol. The molecule has 0 spiro atoms. The average molecular weight is 536 g/mol. The van der Waals surface area contributed by atoms with E-state index in [1.807, 2.05) is 18.2 Å². The summed E-state index contributed by atoms with van der Waals surface area (Å²) in [5.74, 6) is 0. The van der Waals surface area contributed by atoms with Crippen molar-refractivity contribution < 1.29 is 9.53 Å². The van der Waals surface area contributed by atoms with E-state index in [1.54, 1.807) is 12.1 Å². The third-order valence-electron chi connectivity index (χ3n) is 3.32. The third kappa shape index (κ3) is 8.06. The molecule has 12 heteroatoms. The number of nitrogens with one attached hydrogen (secondary N) is 3. The molecule has 1 atom stereocenters. The molecule has 0 fully saturated rings. The summed E-state index contributed by atoms with van der Waals surface area (Å²) in [5, 5.41) is 8.60. The first-order chi connectivity index (χ1) is 13.6. The second-order valence-corrected chi connectivity index (χ2v) is 9.53. The third-order valence-corrected chi connectivity index (χ3v) is 5.21. The second-order valence-electron chi connectivity index (χ2n) is 5.53. The van der Waals surface area contributed by atoms with Crippen molar-refractivity contribution >= 4 is 98.7 Å². The number of ether oxygens (including phenoxy) is 1. The highest BCUT2D eigenvalue weighted by atomic mass is 35.6. The van der Waals surface area contributed by atoms with E-state index in [0.717, 1.165) is 5.56 Å². The SMILES string of the molecule is O=C(NC(NC(=S)Nc1cc(Cl)cc(Cl)c1Cl)C(Cl)(Cl)Cl)OCc1ccccc1. The first-order valence-electron chi connectivity index (χ1n) is 7.82. The molecule has 0 aliphatic carbocycles. The van der Waals surface area contributed by atoms with E-state index in [2.05, 4.69) is 16.0 Å². The molecule has 1 unspecified atom stereocenters. The molecule has 0 saturated carbocycles. The lowest BCUT2D eigenvalue weighted by Gasteiger charge is -2.27. The number of anilines is 1. The number of rotatable bonds is 5. The summed E-state index contributed by atoms with van der Waals surface area (Å²) >= 11 is 41.0. The lowest BCUT2D eigenvalue weighted by molar-refractivity contribution is 0.135. The van der Waals surface area contributed by atoms with Crippen LogP contribution in [0, 0.1) is 0 Å². The number of carbonyl (C=O) groups is 1. The van der Waals surface area contributed by atoms with Gasteiger partial charge in [0.15, 0.2) is 11.3 Å². The summed E-state index contributed by atoms with van der Waals surface area (Å²) in [4.78, 5) is 12.1. The molecule has 156 valence electrons. The van der Waals surface area contributed by atoms with E-state index in [1.165, 1.54) is 12.1 Å². The largest absolute Gasteiger partial charge is 0.445 e. The van der Waals surface area contributed by atoms with Crippen molar-refractivity contribution in [1.82, 2.24) is 10.6 Å². The van der Waals surface area contributed by atoms with Crippen molar-refractivity contribution in [1.29, 1.82) is 0 Å². The molecule has 0 radical (unpaired) electrons. The van der Waals surface area contributed by atoms with Gasteiger partial charge in [0, 0.05) is 5.02 Å². The van der Waals surface area contributed by atoms with Gasteiger partial charge in [0.1, 0.15) is 6.61 Å². The molecule has 0 aromatic heterocycles. The summed E-state index contributed by atoms with van der Waals surface area (Å²) in [5.41, 5.74) is 1.13. The Hall–Kier alpha value is -0.860. The minimum Gasteiger partial charge on any atom is -0.445 e. The summed E-state index contributed by atoms with van der Waals surface area (Å²) in [6.07, 6.45) is -2.03. The molecule has 0 heterocycles. The first kappa shape index (κ1) is 24.4. The summed E-state index contributed by atoms with van der Waals surface area (Å²) < 4.78 is 3.17. The van der Waals surface area contributed by atoms with Crippen LogP contribution >= 0.6 is 81.8 Å². The Kier molecular flexibility index (Phi) is 9.22. The number of thiocarbonyl (C=S) groups is 1. The summed E-state index contributed by atoms with van der Waals surface area (Å²) in [7, 11) is 0. The number of benzene rings is 2. The first-order valence-corrected chi connectivity index (χ1v) is 10.5. The second kappa shape index (κ2) is 11.0. The Balaban J connectivity index is 1.99. The molecular formula is C17H13Cl6N3O2S. The predicted octanol–water partition coefficient (Wildman–Crippen LogP) is 6.56. The molecule has 2 rings (SSSR count). The molecule has 5 nitrogen and oxygen atoms in total. The van der Waals surface area contributed by atoms with Crippen LogP contribution in [0.2, 0.25) is 15.1 Å². The maximum atomic E-state index is 12.1. The van der Waals surface area contributed by atoms with Gasteiger partial charge in [-0.2, -0.15) is 0 Å². The van der Waals surface area contributed by atoms with E-state index < -0.39 is 16.1 Å². The number of alkyl carbamates (subject to hydrolysis) is 1. The van der Waals surface area contributed by atoms with Crippen LogP contribution in [-0.2, 0) is 11.3 Å². The molecule has 1 amide bonds. The highest BCUT2D eigenvalue weighted by molar-refractivity contribution is 7.80. The van der Waals surface area contributed by atoms with Gasteiger partial charge in [0.2, 0.25) is 3.79 Å². The Morgan fingerprint density at radius 2 is 1.72 bits per heavy atom. The predicted molar refractivity (Wildman–Crippen MR) is 125 cm³/mol. The van der Waals surface area contributed by atoms with Crippen LogP contribution in [0.3, 0.4) is 0 Å². The van der Waals surface area contributed by atoms with Gasteiger partial charge in [-0.25, -0.2) is 4.79 Å². The Bertz CT molecular complexity index is 879. The van der Waals surface area contributed by atoms with E-state index in [0.29, 0.717) is 10.7 Å². The molecule has 3 N–H and O–H groups in total. The van der Waals surface area contributed by atoms with E-state index in [4.69, 9.17) is 86.6 Å². The van der Waals surface area contributed by atoms with Gasteiger partial charge >= 0.3 is 6.09 Å². The molecule has 2 aromatic rings. The van der Waals surface area contributed by atoms with Crippen LogP contribution in [-0.4, -0.2) is 21.2 Å². The molecule has 2 aromatic carbocycles. The van der Waals surface area contributed by atoms with E-state index >= 15 is 0 Å². The average Bonchev–Trinajstić information content (AvgIpc) is 2.63. The normalized spacial score (nSPS) is 12.1. The van der Waals surface area contributed by atoms with Crippen LogP contribution in [0.1, 0.15) is 5.56 Å². The number of carbonyl (C=O) groups excluding carboxylic acids is 1. The monoisotopic (exact) mass is 533 g/mol. The Labute approximate surface area is 202 Å². The van der Waals surface area contributed by atoms with Gasteiger partial charge in [-0.15, -0.1) is 0 Å². The number of amides is 1. The van der Waals surface area contributed by atoms with Crippen LogP contribution in [0.4, 0.5) is 10.5 Å². The molecule has 0 bridgehead atoms. The highest BCUT2D eigenvalue weighted by Crippen LogP contribution is 2.34. The minimum atomic E-state index is -1.95. The van der Waals surface area contributed by atoms with Crippen molar-refractivity contribution in [2.45, 2.75) is 16.6 Å². The van der Waals surface area contributed by atoms with E-state index in [-0.39, 0.29) is 21.8 Å². The fourth-order valence-corrected chi connectivity index (χ4v) is 3.22. The maximum absolute atomic E-state index is 12.1. The molecule has 0 aliphatic rings. The fraction of sp³-hybridized carbons (Fsp3) is 0.176. The van der Waals surface area contributed by atoms with Crippen molar-refractivity contribution in [3.63, 3.8) is 0 Å². The molecule has 0 saturated heterocycles. The lowest BCUT2D eigenvalue weighted by Crippen LogP contribution is -2.56. The van der Waals surface area contributed by atoms with Gasteiger partial charge in [-0.05, 0) is 29.9 Å². The number of hydrogen-bond donors (Lipinski definition) is 3. The summed E-state index contributed by atoms with van der Waals surface area (Å²) in [6, 6.07) is 12.1.